The van der Waals surface area contributed by atoms with Crippen LogP contribution < -0.4 is 15.1 Å². The van der Waals surface area contributed by atoms with Crippen LogP contribution in [0.15, 0.2) is 42.5 Å². The minimum absolute atomic E-state index is 0.282. The van der Waals surface area contributed by atoms with Gasteiger partial charge >= 0.3 is 7.12 Å². The SMILES string of the molecule is COc1ccc(B(O)O)cc1CN(C)c1ccc(F)cc1. The van der Waals surface area contributed by atoms with Gasteiger partial charge in [0.05, 0.1) is 7.11 Å². The van der Waals surface area contributed by atoms with E-state index in [2.05, 4.69) is 0 Å². The van der Waals surface area contributed by atoms with Crippen LogP contribution in [-0.4, -0.2) is 31.3 Å². The van der Waals surface area contributed by atoms with Gasteiger partial charge in [-0.15, -0.1) is 0 Å². The van der Waals surface area contributed by atoms with Gasteiger partial charge in [-0.25, -0.2) is 4.39 Å². The molecule has 0 heterocycles. The van der Waals surface area contributed by atoms with Crippen LogP contribution >= 0.6 is 0 Å². The number of benzene rings is 2. The van der Waals surface area contributed by atoms with E-state index < -0.39 is 7.12 Å². The van der Waals surface area contributed by atoms with Crippen LogP contribution in [-0.2, 0) is 6.54 Å². The number of ether oxygens (including phenoxy) is 1. The minimum Gasteiger partial charge on any atom is -0.496 e. The van der Waals surface area contributed by atoms with Gasteiger partial charge in [0.25, 0.3) is 0 Å². The fraction of sp³-hybridized carbons (Fsp3) is 0.200. The molecule has 0 unspecified atom stereocenters. The lowest BCUT2D eigenvalue weighted by molar-refractivity contribution is 0.409. The van der Waals surface area contributed by atoms with Crippen molar-refractivity contribution in [2.24, 2.45) is 0 Å². The third-order valence-electron chi connectivity index (χ3n) is 3.28. The first-order chi connectivity index (χ1) is 10.0. The number of anilines is 1. The molecular formula is C15H17BFNO3. The second-order valence-electron chi connectivity index (χ2n) is 4.78. The van der Waals surface area contributed by atoms with Crippen molar-refractivity contribution in [3.8, 4) is 5.75 Å². The largest absolute Gasteiger partial charge is 0.496 e. The molecule has 0 atom stereocenters. The van der Waals surface area contributed by atoms with Crippen molar-refractivity contribution in [2.75, 3.05) is 19.1 Å². The van der Waals surface area contributed by atoms with E-state index in [0.717, 1.165) is 11.3 Å². The third kappa shape index (κ3) is 3.74. The molecular weight excluding hydrogens is 272 g/mol. The van der Waals surface area contributed by atoms with Crippen molar-refractivity contribution in [3.63, 3.8) is 0 Å². The Morgan fingerprint density at radius 3 is 2.38 bits per heavy atom. The molecule has 21 heavy (non-hydrogen) atoms. The second-order valence-corrected chi connectivity index (χ2v) is 4.78. The highest BCUT2D eigenvalue weighted by Gasteiger charge is 2.15. The second kappa shape index (κ2) is 6.60. The minimum atomic E-state index is -1.52. The van der Waals surface area contributed by atoms with Gasteiger partial charge in [0, 0.05) is 24.8 Å². The van der Waals surface area contributed by atoms with Crippen molar-refractivity contribution >= 4 is 18.3 Å². The first-order valence-electron chi connectivity index (χ1n) is 6.51. The molecule has 4 nitrogen and oxygen atoms in total. The normalized spacial score (nSPS) is 10.3. The predicted molar refractivity (Wildman–Crippen MR) is 81.3 cm³/mol. The number of methoxy groups -OCH3 is 1. The summed E-state index contributed by atoms with van der Waals surface area (Å²) in [5.74, 6) is 0.378. The highest BCUT2D eigenvalue weighted by Crippen LogP contribution is 2.21. The molecule has 0 fully saturated rings. The van der Waals surface area contributed by atoms with Gasteiger partial charge in [0.15, 0.2) is 0 Å². The molecule has 2 rings (SSSR count). The molecule has 0 aliphatic carbocycles. The van der Waals surface area contributed by atoms with Crippen molar-refractivity contribution in [2.45, 2.75) is 6.54 Å². The molecule has 110 valence electrons. The van der Waals surface area contributed by atoms with Gasteiger partial charge < -0.3 is 19.7 Å². The summed E-state index contributed by atoms with van der Waals surface area (Å²) in [7, 11) is 1.91. The van der Waals surface area contributed by atoms with Crippen LogP contribution in [0.2, 0.25) is 0 Å². The highest BCUT2D eigenvalue weighted by molar-refractivity contribution is 6.58. The lowest BCUT2D eigenvalue weighted by Crippen LogP contribution is -2.30. The Morgan fingerprint density at radius 1 is 1.14 bits per heavy atom. The Bertz CT molecular complexity index is 604. The topological polar surface area (TPSA) is 52.9 Å². The van der Waals surface area contributed by atoms with Gasteiger partial charge in [-0.2, -0.15) is 0 Å². The van der Waals surface area contributed by atoms with E-state index in [4.69, 9.17) is 4.74 Å². The summed E-state index contributed by atoms with van der Waals surface area (Å²) < 4.78 is 18.2. The van der Waals surface area contributed by atoms with Gasteiger partial charge in [0.2, 0.25) is 0 Å². The summed E-state index contributed by atoms with van der Waals surface area (Å²) in [5, 5.41) is 18.5. The molecule has 0 saturated carbocycles. The van der Waals surface area contributed by atoms with E-state index in [-0.39, 0.29) is 5.82 Å². The molecule has 0 saturated heterocycles. The maximum atomic E-state index is 12.9. The van der Waals surface area contributed by atoms with Gasteiger partial charge in [0.1, 0.15) is 11.6 Å². The summed E-state index contributed by atoms with van der Waals surface area (Å²) in [6, 6.07) is 11.2. The van der Waals surface area contributed by atoms with Crippen LogP contribution in [0, 0.1) is 5.82 Å². The fourth-order valence-corrected chi connectivity index (χ4v) is 2.13. The molecule has 0 aliphatic rings. The molecule has 0 aromatic heterocycles. The third-order valence-corrected chi connectivity index (χ3v) is 3.28. The van der Waals surface area contributed by atoms with Gasteiger partial charge in [-0.05, 0) is 35.8 Å². The molecule has 0 amide bonds. The standard InChI is InChI=1S/C15H17BFNO3/c1-18(14-6-4-13(17)5-7-14)10-11-9-12(16(19)20)3-8-15(11)21-2/h3-9,19-20H,10H2,1-2H3. The number of halogens is 1. The molecule has 0 radical (unpaired) electrons. The van der Waals surface area contributed by atoms with Crippen LogP contribution in [0.3, 0.4) is 0 Å². The Balaban J connectivity index is 2.24. The van der Waals surface area contributed by atoms with E-state index in [1.54, 1.807) is 37.4 Å². The highest BCUT2D eigenvalue weighted by atomic mass is 19.1. The number of rotatable bonds is 5. The summed E-state index contributed by atoms with van der Waals surface area (Å²) in [5.41, 5.74) is 2.07. The lowest BCUT2D eigenvalue weighted by Gasteiger charge is -2.21. The van der Waals surface area contributed by atoms with Crippen LogP contribution in [0.5, 0.6) is 5.75 Å². The van der Waals surface area contributed by atoms with E-state index in [1.807, 2.05) is 11.9 Å². The number of nitrogens with zero attached hydrogens (tertiary/aromatic N) is 1. The maximum absolute atomic E-state index is 12.9. The first kappa shape index (κ1) is 15.3. The average molecular weight is 289 g/mol. The molecule has 2 aromatic carbocycles. The van der Waals surface area contributed by atoms with Crippen LogP contribution in [0.25, 0.3) is 0 Å². The van der Waals surface area contributed by atoms with Gasteiger partial charge in [-0.3, -0.25) is 0 Å². The Labute approximate surface area is 123 Å². The quantitative estimate of drug-likeness (QED) is 0.811. The molecule has 2 N–H and O–H groups in total. The smallest absolute Gasteiger partial charge is 0.488 e. The van der Waals surface area contributed by atoms with E-state index in [0.29, 0.717) is 17.8 Å². The number of hydrogen-bond donors (Lipinski definition) is 2. The fourth-order valence-electron chi connectivity index (χ4n) is 2.13. The lowest BCUT2D eigenvalue weighted by atomic mass is 9.79. The van der Waals surface area contributed by atoms with Gasteiger partial charge in [-0.1, -0.05) is 12.1 Å². The molecule has 0 spiro atoms. The number of hydrogen-bond acceptors (Lipinski definition) is 4. The average Bonchev–Trinajstić information content (AvgIpc) is 2.47. The first-order valence-corrected chi connectivity index (χ1v) is 6.51. The monoisotopic (exact) mass is 289 g/mol. The van der Waals surface area contributed by atoms with E-state index >= 15 is 0 Å². The molecule has 6 heteroatoms. The Kier molecular flexibility index (Phi) is 4.83. The Hall–Kier alpha value is -2.05. The Morgan fingerprint density at radius 2 is 1.81 bits per heavy atom. The van der Waals surface area contributed by atoms with Crippen molar-refractivity contribution in [3.05, 3.63) is 53.8 Å². The summed E-state index contributed by atoms with van der Waals surface area (Å²) in [6.07, 6.45) is 0. The van der Waals surface area contributed by atoms with Crippen LogP contribution in [0.1, 0.15) is 5.56 Å². The van der Waals surface area contributed by atoms with Crippen molar-refractivity contribution in [1.29, 1.82) is 0 Å². The maximum Gasteiger partial charge on any atom is 0.488 e. The predicted octanol–water partition coefficient (Wildman–Crippen LogP) is 1.15. The summed E-state index contributed by atoms with van der Waals surface area (Å²) >= 11 is 0. The zero-order valence-electron chi connectivity index (χ0n) is 12.0. The van der Waals surface area contributed by atoms with E-state index in [9.17, 15) is 14.4 Å². The molecule has 0 bridgehead atoms. The van der Waals surface area contributed by atoms with Crippen LogP contribution in [0.4, 0.5) is 10.1 Å². The zero-order valence-corrected chi connectivity index (χ0v) is 12.0. The van der Waals surface area contributed by atoms with Crippen molar-refractivity contribution in [1.82, 2.24) is 0 Å². The van der Waals surface area contributed by atoms with E-state index in [1.165, 1.54) is 12.1 Å². The summed E-state index contributed by atoms with van der Waals surface area (Å²) in [6.45, 7) is 0.495. The molecule has 2 aromatic rings. The zero-order chi connectivity index (χ0) is 15.4. The summed E-state index contributed by atoms with van der Waals surface area (Å²) in [4.78, 5) is 1.92. The molecule has 0 aliphatic heterocycles. The van der Waals surface area contributed by atoms with Crippen molar-refractivity contribution < 1.29 is 19.2 Å².